The molecule has 0 unspecified atom stereocenters. The van der Waals surface area contributed by atoms with E-state index in [1.807, 2.05) is 25.0 Å². The molecule has 1 saturated carbocycles. The zero-order valence-electron chi connectivity index (χ0n) is 7.89. The van der Waals surface area contributed by atoms with Gasteiger partial charge in [0.2, 0.25) is 0 Å². The van der Waals surface area contributed by atoms with Crippen molar-refractivity contribution >= 4 is 0 Å². The van der Waals surface area contributed by atoms with Crippen LogP contribution in [0, 0.1) is 6.92 Å². The molecule has 0 aliphatic heterocycles. The summed E-state index contributed by atoms with van der Waals surface area (Å²) in [6, 6.07) is 0. The van der Waals surface area contributed by atoms with Gasteiger partial charge in [-0.1, -0.05) is 0 Å². The first-order chi connectivity index (χ1) is 5.69. The van der Waals surface area contributed by atoms with Gasteiger partial charge in [-0.25, -0.2) is 0 Å². The third kappa shape index (κ3) is 0.894. The molecular formula is C9H15N3. The van der Waals surface area contributed by atoms with Crippen LogP contribution < -0.4 is 5.32 Å². The van der Waals surface area contributed by atoms with Gasteiger partial charge >= 0.3 is 0 Å². The summed E-state index contributed by atoms with van der Waals surface area (Å²) < 4.78 is 1.94. The van der Waals surface area contributed by atoms with Crippen molar-refractivity contribution in [1.82, 2.24) is 15.1 Å². The van der Waals surface area contributed by atoms with Crippen molar-refractivity contribution in [3.05, 3.63) is 17.5 Å². The molecule has 1 fully saturated rings. The minimum atomic E-state index is 0.262. The molecule has 0 aromatic carbocycles. The minimum absolute atomic E-state index is 0.262. The van der Waals surface area contributed by atoms with Crippen LogP contribution in [0.15, 0.2) is 6.20 Å². The van der Waals surface area contributed by atoms with Crippen LogP contribution in [-0.4, -0.2) is 16.8 Å². The highest BCUT2D eigenvalue weighted by molar-refractivity contribution is 5.31. The monoisotopic (exact) mass is 165 g/mol. The van der Waals surface area contributed by atoms with Gasteiger partial charge in [-0.2, -0.15) is 5.10 Å². The summed E-state index contributed by atoms with van der Waals surface area (Å²) in [6.07, 6.45) is 4.48. The first-order valence-corrected chi connectivity index (χ1v) is 4.37. The zero-order chi connectivity index (χ0) is 8.77. The van der Waals surface area contributed by atoms with Crippen LogP contribution in [0.4, 0.5) is 0 Å². The van der Waals surface area contributed by atoms with Crippen molar-refractivity contribution < 1.29 is 0 Å². The van der Waals surface area contributed by atoms with E-state index in [9.17, 15) is 0 Å². The van der Waals surface area contributed by atoms with Crippen LogP contribution >= 0.6 is 0 Å². The van der Waals surface area contributed by atoms with Crippen molar-refractivity contribution in [2.45, 2.75) is 25.3 Å². The second-order valence-corrected chi connectivity index (χ2v) is 3.60. The molecule has 1 aromatic heterocycles. The van der Waals surface area contributed by atoms with Crippen LogP contribution in [-0.2, 0) is 12.6 Å². The molecule has 1 aliphatic rings. The average molecular weight is 165 g/mol. The van der Waals surface area contributed by atoms with Crippen LogP contribution in [0.5, 0.6) is 0 Å². The van der Waals surface area contributed by atoms with Gasteiger partial charge in [-0.05, 0) is 26.8 Å². The van der Waals surface area contributed by atoms with Crippen molar-refractivity contribution in [2.24, 2.45) is 7.05 Å². The highest BCUT2D eigenvalue weighted by Gasteiger charge is 2.44. The number of aryl methyl sites for hydroxylation is 1. The summed E-state index contributed by atoms with van der Waals surface area (Å²) in [5, 5.41) is 7.62. The lowest BCUT2D eigenvalue weighted by atomic mass is 10.1. The SMILES string of the molecule is CNC1(c2cnn(C)c2C)CC1. The summed E-state index contributed by atoms with van der Waals surface area (Å²) in [6.45, 7) is 2.12. The number of nitrogens with one attached hydrogen (secondary N) is 1. The van der Waals surface area contributed by atoms with Crippen LogP contribution in [0.1, 0.15) is 24.1 Å². The predicted octanol–water partition coefficient (Wildman–Crippen LogP) is 0.937. The Labute approximate surface area is 72.8 Å². The van der Waals surface area contributed by atoms with Crippen molar-refractivity contribution in [3.63, 3.8) is 0 Å². The van der Waals surface area contributed by atoms with E-state index in [4.69, 9.17) is 0 Å². The van der Waals surface area contributed by atoms with Crippen molar-refractivity contribution in [1.29, 1.82) is 0 Å². The third-order valence-corrected chi connectivity index (χ3v) is 2.98. The Morgan fingerprint density at radius 3 is 2.58 bits per heavy atom. The van der Waals surface area contributed by atoms with Gasteiger partial charge in [0.15, 0.2) is 0 Å². The predicted molar refractivity (Wildman–Crippen MR) is 47.9 cm³/mol. The van der Waals surface area contributed by atoms with Gasteiger partial charge in [-0.15, -0.1) is 0 Å². The molecule has 0 amide bonds. The van der Waals surface area contributed by atoms with E-state index in [2.05, 4.69) is 17.3 Å². The van der Waals surface area contributed by atoms with Gasteiger partial charge < -0.3 is 5.32 Å². The molecule has 3 nitrogen and oxygen atoms in total. The highest BCUT2D eigenvalue weighted by atomic mass is 15.3. The lowest BCUT2D eigenvalue weighted by Gasteiger charge is -2.12. The summed E-state index contributed by atoms with van der Waals surface area (Å²) in [5.74, 6) is 0. The number of hydrogen-bond acceptors (Lipinski definition) is 2. The second kappa shape index (κ2) is 2.33. The van der Waals surface area contributed by atoms with Gasteiger partial charge in [0.05, 0.1) is 6.20 Å². The van der Waals surface area contributed by atoms with E-state index >= 15 is 0 Å². The summed E-state index contributed by atoms with van der Waals surface area (Å²) in [4.78, 5) is 0. The molecule has 66 valence electrons. The number of nitrogens with zero attached hydrogens (tertiary/aromatic N) is 2. The van der Waals surface area contributed by atoms with E-state index < -0.39 is 0 Å². The van der Waals surface area contributed by atoms with E-state index in [-0.39, 0.29) is 5.54 Å². The summed E-state index contributed by atoms with van der Waals surface area (Å²) in [5.41, 5.74) is 2.91. The van der Waals surface area contributed by atoms with E-state index in [0.29, 0.717) is 0 Å². The molecular weight excluding hydrogens is 150 g/mol. The normalized spacial score (nSPS) is 19.6. The maximum absolute atomic E-state index is 4.25. The van der Waals surface area contributed by atoms with E-state index in [1.54, 1.807) is 0 Å². The zero-order valence-corrected chi connectivity index (χ0v) is 7.89. The fraction of sp³-hybridized carbons (Fsp3) is 0.667. The van der Waals surface area contributed by atoms with Gasteiger partial charge in [0.1, 0.15) is 0 Å². The maximum Gasteiger partial charge on any atom is 0.0543 e. The Morgan fingerprint density at radius 2 is 2.25 bits per heavy atom. The van der Waals surface area contributed by atoms with Crippen LogP contribution in [0.3, 0.4) is 0 Å². The fourth-order valence-corrected chi connectivity index (χ4v) is 1.75. The Hall–Kier alpha value is -0.830. The Balaban J connectivity index is 2.40. The van der Waals surface area contributed by atoms with Crippen molar-refractivity contribution in [3.8, 4) is 0 Å². The third-order valence-electron chi connectivity index (χ3n) is 2.98. The number of hydrogen-bond donors (Lipinski definition) is 1. The molecule has 0 bridgehead atoms. The average Bonchev–Trinajstić information content (AvgIpc) is 2.79. The maximum atomic E-state index is 4.25. The Bertz CT molecular complexity index is 297. The molecule has 0 atom stereocenters. The lowest BCUT2D eigenvalue weighted by Crippen LogP contribution is -2.24. The molecule has 12 heavy (non-hydrogen) atoms. The summed E-state index contributed by atoms with van der Waals surface area (Å²) >= 11 is 0. The Morgan fingerprint density at radius 1 is 1.58 bits per heavy atom. The molecule has 0 radical (unpaired) electrons. The molecule has 2 rings (SSSR count). The topological polar surface area (TPSA) is 29.9 Å². The smallest absolute Gasteiger partial charge is 0.0543 e. The van der Waals surface area contributed by atoms with Crippen LogP contribution in [0.2, 0.25) is 0 Å². The number of aromatic nitrogens is 2. The van der Waals surface area contributed by atoms with E-state index in [0.717, 1.165) is 0 Å². The highest BCUT2D eigenvalue weighted by Crippen LogP contribution is 2.45. The summed E-state index contributed by atoms with van der Waals surface area (Å²) in [7, 11) is 4.02. The molecule has 1 aromatic rings. The van der Waals surface area contributed by atoms with Crippen LogP contribution in [0.25, 0.3) is 0 Å². The van der Waals surface area contributed by atoms with Gasteiger partial charge in [-0.3, -0.25) is 4.68 Å². The van der Waals surface area contributed by atoms with Gasteiger partial charge in [0, 0.05) is 23.8 Å². The number of rotatable bonds is 2. The van der Waals surface area contributed by atoms with E-state index in [1.165, 1.54) is 24.1 Å². The molecule has 1 aliphatic carbocycles. The largest absolute Gasteiger partial charge is 0.310 e. The Kier molecular flexibility index (Phi) is 1.51. The lowest BCUT2D eigenvalue weighted by molar-refractivity contribution is 0.579. The van der Waals surface area contributed by atoms with Crippen molar-refractivity contribution in [2.75, 3.05) is 7.05 Å². The first-order valence-electron chi connectivity index (χ1n) is 4.37. The molecule has 3 heteroatoms. The second-order valence-electron chi connectivity index (χ2n) is 3.60. The molecule has 0 spiro atoms. The minimum Gasteiger partial charge on any atom is -0.310 e. The first kappa shape index (κ1) is 7.80. The quantitative estimate of drug-likeness (QED) is 0.706. The van der Waals surface area contributed by atoms with Gasteiger partial charge in [0.25, 0.3) is 0 Å². The fourth-order valence-electron chi connectivity index (χ4n) is 1.75. The standard InChI is InChI=1S/C9H15N3/c1-7-8(6-11-12(7)3)9(10-2)4-5-9/h6,10H,4-5H2,1-3H3. The molecule has 1 heterocycles. The molecule has 1 N–H and O–H groups in total. The molecule has 0 saturated heterocycles.